The van der Waals surface area contributed by atoms with Crippen LogP contribution in [0.4, 0.5) is 0 Å². The van der Waals surface area contributed by atoms with Crippen molar-refractivity contribution in [1.29, 1.82) is 0 Å². The number of hydrogen-bond acceptors (Lipinski definition) is 6. The SMILES string of the molecule is C1CSCSC1.O=C([O-])C(=O)[O-]. The molecule has 1 heterocycles. The summed E-state index contributed by atoms with van der Waals surface area (Å²) in [4.78, 5) is 17.9. The van der Waals surface area contributed by atoms with Crippen molar-refractivity contribution in [3.05, 3.63) is 0 Å². The number of carboxylic acid groups (broad SMARTS) is 2. The maximum Gasteiger partial charge on any atom is 0.0870 e. The second kappa shape index (κ2) is 7.30. The van der Waals surface area contributed by atoms with E-state index in [-0.39, 0.29) is 0 Å². The van der Waals surface area contributed by atoms with Gasteiger partial charge in [-0.3, -0.25) is 0 Å². The monoisotopic (exact) mass is 208 g/mol. The molecule has 1 saturated heterocycles. The van der Waals surface area contributed by atoms with Crippen LogP contribution >= 0.6 is 23.5 Å². The zero-order chi connectivity index (χ0) is 9.40. The van der Waals surface area contributed by atoms with Crippen LogP contribution in [-0.2, 0) is 9.59 Å². The fourth-order valence-corrected chi connectivity index (χ4v) is 2.73. The molecule has 0 bridgehead atoms. The maximum absolute atomic E-state index is 8.93. The number of carbonyl (C=O) groups excluding carboxylic acids is 2. The molecule has 0 aromatic rings. The van der Waals surface area contributed by atoms with Gasteiger partial charge in [-0.1, -0.05) is 0 Å². The highest BCUT2D eigenvalue weighted by Gasteiger charge is 1.95. The predicted molar refractivity (Wildman–Crippen MR) is 44.4 cm³/mol. The van der Waals surface area contributed by atoms with Gasteiger partial charge in [-0.15, -0.1) is 0 Å². The number of carboxylic acids is 2. The third kappa shape index (κ3) is 7.74. The lowest BCUT2D eigenvalue weighted by Gasteiger charge is -2.05. The molecule has 0 N–H and O–H groups in total. The van der Waals surface area contributed by atoms with Gasteiger partial charge in [0.05, 0.1) is 11.9 Å². The third-order valence-corrected chi connectivity index (χ3v) is 3.40. The highest BCUT2D eigenvalue weighted by Crippen LogP contribution is 2.19. The Morgan fingerprint density at radius 3 is 1.50 bits per heavy atom. The van der Waals surface area contributed by atoms with Crippen molar-refractivity contribution in [2.45, 2.75) is 6.42 Å². The van der Waals surface area contributed by atoms with Gasteiger partial charge in [0.25, 0.3) is 0 Å². The molecule has 0 spiro atoms. The molecule has 1 aliphatic rings. The number of rotatable bonds is 0. The Morgan fingerprint density at radius 1 is 1.00 bits per heavy atom. The van der Waals surface area contributed by atoms with Crippen LogP contribution in [0, 0.1) is 0 Å². The van der Waals surface area contributed by atoms with Crippen LogP contribution in [0.5, 0.6) is 0 Å². The molecule has 0 amide bonds. The standard InChI is InChI=1S/C4H8S2.C2H2O4/c1-2-5-4-6-3-1;3-1(4)2(5)6/h1-4H2;(H,3,4)(H,5,6)/p-2. The molecule has 0 radical (unpaired) electrons. The lowest BCUT2D eigenvalue weighted by molar-refractivity contribution is -0.345. The highest BCUT2D eigenvalue weighted by molar-refractivity contribution is 8.16. The van der Waals surface area contributed by atoms with Crippen molar-refractivity contribution in [3.63, 3.8) is 0 Å². The molecule has 0 aromatic carbocycles. The predicted octanol–water partition coefficient (Wildman–Crippen LogP) is -1.70. The second-order valence-electron chi connectivity index (χ2n) is 1.86. The Hall–Kier alpha value is -0.360. The molecule has 1 fully saturated rings. The number of thioether (sulfide) groups is 2. The van der Waals surface area contributed by atoms with Crippen LogP contribution in [0.2, 0.25) is 0 Å². The highest BCUT2D eigenvalue weighted by atomic mass is 32.2. The van der Waals surface area contributed by atoms with Gasteiger partial charge in [-0.05, 0) is 17.9 Å². The summed E-state index contributed by atoms with van der Waals surface area (Å²) >= 11 is 4.12. The molecule has 12 heavy (non-hydrogen) atoms. The average molecular weight is 208 g/mol. The normalized spacial score (nSPS) is 15.7. The van der Waals surface area contributed by atoms with E-state index in [1.807, 2.05) is 0 Å². The molecule has 70 valence electrons. The van der Waals surface area contributed by atoms with E-state index in [9.17, 15) is 0 Å². The Morgan fingerprint density at radius 2 is 1.42 bits per heavy atom. The van der Waals surface area contributed by atoms with E-state index in [0.29, 0.717) is 0 Å². The first-order valence-electron chi connectivity index (χ1n) is 3.22. The van der Waals surface area contributed by atoms with Gasteiger partial charge in [-0.25, -0.2) is 0 Å². The van der Waals surface area contributed by atoms with Crippen molar-refractivity contribution < 1.29 is 19.8 Å². The van der Waals surface area contributed by atoms with Crippen LogP contribution in [0.15, 0.2) is 0 Å². The van der Waals surface area contributed by atoms with E-state index in [4.69, 9.17) is 19.8 Å². The molecular weight excluding hydrogens is 200 g/mol. The summed E-state index contributed by atoms with van der Waals surface area (Å²) in [5, 5.41) is 19.2. The molecule has 1 rings (SSSR count). The first kappa shape index (κ1) is 11.6. The second-order valence-corrected chi connectivity index (χ2v) is 4.44. The molecular formula is C6H8O4S2-2. The maximum atomic E-state index is 8.93. The van der Waals surface area contributed by atoms with E-state index in [0.717, 1.165) is 0 Å². The molecule has 6 heteroatoms. The minimum atomic E-state index is -2.19. The largest absolute Gasteiger partial charge is 0.543 e. The van der Waals surface area contributed by atoms with E-state index in [2.05, 4.69) is 23.5 Å². The fraction of sp³-hybridized carbons (Fsp3) is 0.667. The Balaban J connectivity index is 0.000000202. The number of aliphatic carboxylic acids is 2. The van der Waals surface area contributed by atoms with Gasteiger partial charge in [0.1, 0.15) is 0 Å². The zero-order valence-corrected chi connectivity index (χ0v) is 7.91. The van der Waals surface area contributed by atoms with Crippen molar-refractivity contribution in [3.8, 4) is 0 Å². The first-order valence-corrected chi connectivity index (χ1v) is 5.53. The third-order valence-electron chi connectivity index (χ3n) is 0.911. The summed E-state index contributed by atoms with van der Waals surface area (Å²) in [6.45, 7) is 0. The molecule has 0 aliphatic carbocycles. The van der Waals surface area contributed by atoms with E-state index < -0.39 is 11.9 Å². The first-order chi connectivity index (χ1) is 5.64. The average Bonchev–Trinajstić information content (AvgIpc) is 2.08. The quantitative estimate of drug-likeness (QED) is 0.441. The zero-order valence-electron chi connectivity index (χ0n) is 6.28. The van der Waals surface area contributed by atoms with Gasteiger partial charge in [0.15, 0.2) is 0 Å². The topological polar surface area (TPSA) is 80.3 Å². The van der Waals surface area contributed by atoms with Crippen molar-refractivity contribution in [1.82, 2.24) is 0 Å². The van der Waals surface area contributed by atoms with Crippen LogP contribution in [0.3, 0.4) is 0 Å². The van der Waals surface area contributed by atoms with Crippen molar-refractivity contribution in [2.75, 3.05) is 16.6 Å². The van der Waals surface area contributed by atoms with Crippen molar-refractivity contribution >= 4 is 35.5 Å². The van der Waals surface area contributed by atoms with Gasteiger partial charge in [-0.2, -0.15) is 23.5 Å². The van der Waals surface area contributed by atoms with E-state index in [1.165, 1.54) is 23.0 Å². The summed E-state index contributed by atoms with van der Waals surface area (Å²) < 4.78 is 0. The molecule has 0 unspecified atom stereocenters. The van der Waals surface area contributed by atoms with E-state index >= 15 is 0 Å². The smallest absolute Gasteiger partial charge is 0.0870 e. The van der Waals surface area contributed by atoms with Crippen LogP contribution < -0.4 is 10.2 Å². The summed E-state index contributed by atoms with van der Waals surface area (Å²) in [7, 11) is 0. The minimum absolute atomic E-state index is 1.33. The molecule has 4 nitrogen and oxygen atoms in total. The summed E-state index contributed by atoms with van der Waals surface area (Å²) in [5.41, 5.74) is 0. The van der Waals surface area contributed by atoms with Gasteiger partial charge in [0, 0.05) is 5.08 Å². The number of hydrogen-bond donors (Lipinski definition) is 0. The van der Waals surface area contributed by atoms with Crippen LogP contribution in [-0.4, -0.2) is 28.5 Å². The lowest BCUT2D eigenvalue weighted by atomic mass is 10.6. The van der Waals surface area contributed by atoms with Gasteiger partial charge < -0.3 is 19.8 Å². The van der Waals surface area contributed by atoms with E-state index in [1.54, 1.807) is 0 Å². The Bertz CT molecular complexity index is 132. The minimum Gasteiger partial charge on any atom is -0.543 e. The Labute approximate surface area is 78.7 Å². The summed E-state index contributed by atoms with van der Waals surface area (Å²) in [6, 6.07) is 0. The molecule has 0 atom stereocenters. The molecule has 1 aliphatic heterocycles. The fourth-order valence-electron chi connectivity index (χ4n) is 0.440. The van der Waals surface area contributed by atoms with Crippen LogP contribution in [0.1, 0.15) is 6.42 Å². The summed E-state index contributed by atoms with van der Waals surface area (Å²) in [5.74, 6) is -1.58. The molecule has 0 saturated carbocycles. The van der Waals surface area contributed by atoms with Gasteiger partial charge >= 0.3 is 0 Å². The van der Waals surface area contributed by atoms with Crippen LogP contribution in [0.25, 0.3) is 0 Å². The summed E-state index contributed by atoms with van der Waals surface area (Å²) in [6.07, 6.45) is 1.43. The molecule has 0 aromatic heterocycles. The van der Waals surface area contributed by atoms with Gasteiger partial charge in [0.2, 0.25) is 0 Å². The lowest BCUT2D eigenvalue weighted by Crippen LogP contribution is -2.42. The Kier molecular flexibility index (Phi) is 7.08. The number of carbonyl (C=O) groups is 2. The van der Waals surface area contributed by atoms with Crippen molar-refractivity contribution in [2.24, 2.45) is 0 Å².